The summed E-state index contributed by atoms with van der Waals surface area (Å²) in [4.78, 5) is 7.10. The zero-order valence-corrected chi connectivity index (χ0v) is 20.2. The first kappa shape index (κ1) is 23.2. The highest BCUT2D eigenvalue weighted by Gasteiger charge is 2.49. The molecule has 174 valence electrons. The van der Waals surface area contributed by atoms with Crippen LogP contribution in [-0.4, -0.2) is 66.8 Å². The lowest BCUT2D eigenvalue weighted by Gasteiger charge is -2.52. The fraction of sp³-hybridized carbons (Fsp3) is 0.542. The quantitative estimate of drug-likeness (QED) is 0.617. The second-order valence-electron chi connectivity index (χ2n) is 9.42. The van der Waals surface area contributed by atoms with E-state index in [0.29, 0.717) is 24.4 Å². The number of hydrogen-bond donors (Lipinski definition) is 1. The molecular formula is C24H35N5O2S. The van der Waals surface area contributed by atoms with E-state index < -0.39 is 10.0 Å². The van der Waals surface area contributed by atoms with Crippen LogP contribution in [0.5, 0.6) is 0 Å². The third-order valence-corrected chi connectivity index (χ3v) is 8.90. The molecular weight excluding hydrogens is 422 g/mol. The Labute approximate surface area is 191 Å². The van der Waals surface area contributed by atoms with Crippen molar-refractivity contribution in [3.05, 3.63) is 58.9 Å². The van der Waals surface area contributed by atoms with Crippen molar-refractivity contribution in [2.45, 2.75) is 39.7 Å². The molecule has 0 bridgehead atoms. The Balaban J connectivity index is 1.27. The number of pyridine rings is 1. The van der Waals surface area contributed by atoms with Gasteiger partial charge in [-0.15, -0.1) is 0 Å². The fourth-order valence-corrected chi connectivity index (χ4v) is 6.45. The van der Waals surface area contributed by atoms with Gasteiger partial charge in [-0.25, -0.2) is 13.4 Å². The largest absolute Gasteiger partial charge is 0.309 e. The summed E-state index contributed by atoms with van der Waals surface area (Å²) >= 11 is 0. The maximum absolute atomic E-state index is 13.1. The van der Waals surface area contributed by atoms with Gasteiger partial charge in [0.05, 0.1) is 4.91 Å². The standard InChI is InChI=1S/C24H35N5O2S/c1-4-22(32(30,31)29-18-24(19-29)9-12-27(3)13-10-24)7-5-20(2)15-25-16-21-6-8-23-26-11-14-28(23)17-21/h4-6,8,11,14,17,25H,7,9-10,12-13,15-16,18-19H2,1-3H3/b20-5?,22-4+. The van der Waals surface area contributed by atoms with Crippen LogP contribution in [0.1, 0.15) is 38.7 Å². The van der Waals surface area contributed by atoms with Crippen molar-refractivity contribution < 1.29 is 8.42 Å². The molecule has 1 spiro atoms. The zero-order valence-electron chi connectivity index (χ0n) is 19.4. The van der Waals surface area contributed by atoms with E-state index in [0.717, 1.165) is 50.2 Å². The van der Waals surface area contributed by atoms with Gasteiger partial charge in [0.2, 0.25) is 10.0 Å². The van der Waals surface area contributed by atoms with Crippen molar-refractivity contribution in [3.63, 3.8) is 0 Å². The molecule has 2 fully saturated rings. The summed E-state index contributed by atoms with van der Waals surface area (Å²) in [6, 6.07) is 4.08. The molecule has 0 atom stereocenters. The van der Waals surface area contributed by atoms with Crippen LogP contribution in [0.4, 0.5) is 0 Å². The van der Waals surface area contributed by atoms with Gasteiger partial charge in [-0.3, -0.25) is 0 Å². The second kappa shape index (κ2) is 9.47. The summed E-state index contributed by atoms with van der Waals surface area (Å²) in [5.41, 5.74) is 3.46. The van der Waals surface area contributed by atoms with Crippen molar-refractivity contribution in [3.8, 4) is 0 Å². The number of aromatic nitrogens is 2. The molecule has 2 saturated heterocycles. The summed E-state index contributed by atoms with van der Waals surface area (Å²) in [6.45, 7) is 8.82. The third kappa shape index (κ3) is 4.98. The first-order chi connectivity index (χ1) is 15.3. The van der Waals surface area contributed by atoms with Crippen LogP contribution < -0.4 is 5.32 Å². The molecule has 1 N–H and O–H groups in total. The number of sulfonamides is 1. The molecule has 8 heteroatoms. The maximum atomic E-state index is 13.1. The van der Waals surface area contributed by atoms with Crippen LogP contribution in [0.3, 0.4) is 0 Å². The molecule has 0 unspecified atom stereocenters. The van der Waals surface area contributed by atoms with Crippen LogP contribution in [0.15, 0.2) is 53.4 Å². The number of hydrogen-bond acceptors (Lipinski definition) is 5. The SMILES string of the molecule is C/C=C(\CC=C(C)CNCc1ccc2nccn2c1)S(=O)(=O)N1CC2(CCN(C)CC2)C1. The molecule has 0 aliphatic carbocycles. The molecule has 0 aromatic carbocycles. The second-order valence-corrected chi connectivity index (χ2v) is 11.4. The summed E-state index contributed by atoms with van der Waals surface area (Å²) < 4.78 is 29.9. The average molecular weight is 458 g/mol. The van der Waals surface area contributed by atoms with E-state index in [1.54, 1.807) is 16.6 Å². The van der Waals surface area contributed by atoms with Gasteiger partial charge in [-0.05, 0) is 58.5 Å². The van der Waals surface area contributed by atoms with E-state index in [1.807, 2.05) is 36.6 Å². The number of rotatable bonds is 8. The highest BCUT2D eigenvalue weighted by Crippen LogP contribution is 2.42. The number of fused-ring (bicyclic) bond motifs is 1. The van der Waals surface area contributed by atoms with Gasteiger partial charge in [0, 0.05) is 56.6 Å². The summed E-state index contributed by atoms with van der Waals surface area (Å²) in [5.74, 6) is 0. The maximum Gasteiger partial charge on any atom is 0.239 e. The van der Waals surface area contributed by atoms with E-state index in [9.17, 15) is 8.42 Å². The van der Waals surface area contributed by atoms with Crippen LogP contribution in [0, 0.1) is 5.41 Å². The Kier molecular flexibility index (Phi) is 6.86. The molecule has 0 saturated carbocycles. The van der Waals surface area contributed by atoms with E-state index >= 15 is 0 Å². The van der Waals surface area contributed by atoms with E-state index in [2.05, 4.69) is 34.5 Å². The first-order valence-corrected chi connectivity index (χ1v) is 12.9. The summed E-state index contributed by atoms with van der Waals surface area (Å²) in [5, 5.41) is 3.44. The third-order valence-electron chi connectivity index (χ3n) is 6.90. The first-order valence-electron chi connectivity index (χ1n) is 11.4. The van der Waals surface area contributed by atoms with Gasteiger partial charge >= 0.3 is 0 Å². The van der Waals surface area contributed by atoms with Crippen molar-refractivity contribution in [1.29, 1.82) is 0 Å². The monoisotopic (exact) mass is 457 g/mol. The molecule has 32 heavy (non-hydrogen) atoms. The Bertz CT molecular complexity index is 1100. The minimum Gasteiger partial charge on any atom is -0.309 e. The number of allylic oxidation sites excluding steroid dienone is 3. The van der Waals surface area contributed by atoms with Crippen molar-refractivity contribution in [2.75, 3.05) is 39.8 Å². The lowest BCUT2D eigenvalue weighted by Crippen LogP contribution is -2.61. The normalized spacial score (nSPS) is 20.7. The zero-order chi connectivity index (χ0) is 22.8. The summed E-state index contributed by atoms with van der Waals surface area (Å²) in [7, 11) is -1.23. The van der Waals surface area contributed by atoms with E-state index in [1.165, 1.54) is 5.56 Å². The fourth-order valence-electron chi connectivity index (χ4n) is 4.64. The molecule has 2 aromatic rings. The predicted molar refractivity (Wildman–Crippen MR) is 129 cm³/mol. The minimum absolute atomic E-state index is 0.202. The topological polar surface area (TPSA) is 70.0 Å². The van der Waals surface area contributed by atoms with Gasteiger partial charge in [0.15, 0.2) is 0 Å². The van der Waals surface area contributed by atoms with Gasteiger partial charge < -0.3 is 14.6 Å². The summed E-state index contributed by atoms with van der Waals surface area (Å²) in [6.07, 6.45) is 12.2. The molecule has 4 heterocycles. The van der Waals surface area contributed by atoms with Crippen molar-refractivity contribution >= 4 is 15.7 Å². The van der Waals surface area contributed by atoms with Crippen molar-refractivity contribution in [2.24, 2.45) is 5.41 Å². The number of likely N-dealkylation sites (tertiary alicyclic amines) is 1. The van der Waals surface area contributed by atoms with Crippen LogP contribution >= 0.6 is 0 Å². The molecule has 0 radical (unpaired) electrons. The lowest BCUT2D eigenvalue weighted by atomic mass is 9.73. The number of nitrogens with zero attached hydrogens (tertiary/aromatic N) is 4. The Morgan fingerprint density at radius 3 is 2.72 bits per heavy atom. The molecule has 7 nitrogen and oxygen atoms in total. The Hall–Kier alpha value is -2.00. The Morgan fingerprint density at radius 2 is 2.00 bits per heavy atom. The molecule has 4 rings (SSSR count). The van der Waals surface area contributed by atoms with Crippen LogP contribution in [0.25, 0.3) is 5.65 Å². The number of piperidine rings is 1. The molecule has 2 aliphatic heterocycles. The Morgan fingerprint density at radius 1 is 1.25 bits per heavy atom. The van der Waals surface area contributed by atoms with Crippen LogP contribution in [-0.2, 0) is 16.6 Å². The highest BCUT2D eigenvalue weighted by atomic mass is 32.2. The van der Waals surface area contributed by atoms with Gasteiger partial charge in [0.25, 0.3) is 0 Å². The highest BCUT2D eigenvalue weighted by molar-refractivity contribution is 7.93. The van der Waals surface area contributed by atoms with Crippen LogP contribution in [0.2, 0.25) is 0 Å². The molecule has 2 aliphatic rings. The number of imidazole rings is 1. The van der Waals surface area contributed by atoms with Gasteiger partial charge in [-0.2, -0.15) is 4.31 Å². The van der Waals surface area contributed by atoms with Gasteiger partial charge in [0.1, 0.15) is 5.65 Å². The van der Waals surface area contributed by atoms with E-state index in [-0.39, 0.29) is 5.41 Å². The number of nitrogens with one attached hydrogen (secondary N) is 1. The average Bonchev–Trinajstić information content (AvgIpc) is 3.21. The van der Waals surface area contributed by atoms with E-state index in [4.69, 9.17) is 0 Å². The predicted octanol–water partition coefficient (Wildman–Crippen LogP) is 3.02. The minimum atomic E-state index is -3.37. The lowest BCUT2D eigenvalue weighted by molar-refractivity contribution is 0.00803. The smallest absolute Gasteiger partial charge is 0.239 e. The van der Waals surface area contributed by atoms with Crippen molar-refractivity contribution in [1.82, 2.24) is 23.9 Å². The van der Waals surface area contributed by atoms with Gasteiger partial charge in [-0.1, -0.05) is 23.8 Å². The molecule has 2 aromatic heterocycles. The molecule has 0 amide bonds.